The van der Waals surface area contributed by atoms with Crippen LogP contribution < -0.4 is 0 Å². The van der Waals surface area contributed by atoms with E-state index in [-0.39, 0.29) is 0 Å². The summed E-state index contributed by atoms with van der Waals surface area (Å²) >= 11 is 0. The normalized spacial score (nSPS) is 12.0. The molecule has 0 spiro atoms. The van der Waals surface area contributed by atoms with Crippen LogP contribution in [0.5, 0.6) is 0 Å². The lowest BCUT2D eigenvalue weighted by Crippen LogP contribution is -2.07. The van der Waals surface area contributed by atoms with E-state index in [1.54, 1.807) is 0 Å². The molecule has 0 N–H and O–H groups in total. The molecule has 1 aromatic heterocycles. The Balaban J connectivity index is 2.84. The topological polar surface area (TPSA) is 22.1 Å². The fourth-order valence-corrected chi connectivity index (χ4v) is 0.818. The molecule has 5 heteroatoms. The summed E-state index contributed by atoms with van der Waals surface area (Å²) < 4.78 is 40.8. The molecule has 1 aromatic rings. The van der Waals surface area contributed by atoms with E-state index < -0.39 is 11.9 Å². The number of methoxy groups -OCH3 is 1. The van der Waals surface area contributed by atoms with Crippen molar-refractivity contribution in [1.82, 2.24) is 4.98 Å². The number of hydrogen-bond donors (Lipinski definition) is 0. The van der Waals surface area contributed by atoms with Crippen LogP contribution in [0.3, 0.4) is 0 Å². The minimum absolute atomic E-state index is 0.555. The van der Waals surface area contributed by atoms with Gasteiger partial charge in [0.25, 0.3) is 0 Å². The molecule has 0 saturated heterocycles. The van der Waals surface area contributed by atoms with Gasteiger partial charge in [0.15, 0.2) is 0 Å². The van der Waals surface area contributed by atoms with Gasteiger partial charge in [0.2, 0.25) is 0 Å². The summed E-state index contributed by atoms with van der Waals surface area (Å²) in [5, 5.41) is 0. The van der Waals surface area contributed by atoms with Crippen molar-refractivity contribution in [1.29, 1.82) is 0 Å². The maximum atomic E-state index is 12.1. The van der Waals surface area contributed by atoms with Gasteiger partial charge in [-0.1, -0.05) is 6.07 Å². The van der Waals surface area contributed by atoms with Crippen molar-refractivity contribution in [3.63, 3.8) is 0 Å². The van der Waals surface area contributed by atoms with Crippen LogP contribution in [0.15, 0.2) is 24.6 Å². The first-order chi connectivity index (χ1) is 6.54. The van der Waals surface area contributed by atoms with Gasteiger partial charge in [-0.25, -0.2) is 0 Å². The zero-order chi connectivity index (χ0) is 10.6. The number of halogens is 3. The second-order valence-electron chi connectivity index (χ2n) is 2.51. The Morgan fingerprint density at radius 3 is 2.50 bits per heavy atom. The predicted molar refractivity (Wildman–Crippen MR) is 45.3 cm³/mol. The monoisotopic (exact) mass is 203 g/mol. The van der Waals surface area contributed by atoms with E-state index in [0.717, 1.165) is 12.3 Å². The molecule has 0 fully saturated rings. The Kier molecular flexibility index (Phi) is 3.11. The van der Waals surface area contributed by atoms with E-state index in [4.69, 9.17) is 0 Å². The third-order valence-electron chi connectivity index (χ3n) is 1.47. The van der Waals surface area contributed by atoms with Crippen molar-refractivity contribution >= 4 is 6.08 Å². The maximum Gasteiger partial charge on any atom is 0.433 e. The average molecular weight is 203 g/mol. The van der Waals surface area contributed by atoms with Gasteiger partial charge in [0.05, 0.1) is 13.4 Å². The summed E-state index contributed by atoms with van der Waals surface area (Å²) in [7, 11) is 1.45. The molecule has 14 heavy (non-hydrogen) atoms. The van der Waals surface area contributed by atoms with E-state index in [2.05, 4.69) is 9.72 Å². The molecule has 1 rings (SSSR count). The quantitative estimate of drug-likeness (QED) is 0.689. The van der Waals surface area contributed by atoms with Gasteiger partial charge in [-0.2, -0.15) is 13.2 Å². The van der Waals surface area contributed by atoms with Crippen molar-refractivity contribution in [2.75, 3.05) is 7.11 Å². The average Bonchev–Trinajstić information content (AvgIpc) is 2.14. The summed E-state index contributed by atoms with van der Waals surface area (Å²) in [5.74, 6) is 0. The Morgan fingerprint density at radius 2 is 2.07 bits per heavy atom. The molecule has 2 nitrogen and oxygen atoms in total. The van der Waals surface area contributed by atoms with E-state index in [9.17, 15) is 13.2 Å². The fourth-order valence-electron chi connectivity index (χ4n) is 0.818. The number of aromatic nitrogens is 1. The number of alkyl halides is 3. The third kappa shape index (κ3) is 2.76. The first-order valence-corrected chi connectivity index (χ1v) is 3.76. The highest BCUT2D eigenvalue weighted by Crippen LogP contribution is 2.27. The molecule has 0 aliphatic heterocycles. The van der Waals surface area contributed by atoms with Crippen LogP contribution in [0.4, 0.5) is 13.2 Å². The van der Waals surface area contributed by atoms with Gasteiger partial charge in [-0.3, -0.25) is 4.98 Å². The van der Waals surface area contributed by atoms with Crippen LogP contribution in [0, 0.1) is 0 Å². The highest BCUT2D eigenvalue weighted by atomic mass is 19.4. The van der Waals surface area contributed by atoms with Crippen molar-refractivity contribution in [2.45, 2.75) is 6.18 Å². The first-order valence-electron chi connectivity index (χ1n) is 3.76. The van der Waals surface area contributed by atoms with Gasteiger partial charge in [0, 0.05) is 6.20 Å². The molecule has 0 unspecified atom stereocenters. The van der Waals surface area contributed by atoms with E-state index >= 15 is 0 Å². The SMILES string of the molecule is CO/C=C/c1ccc(C(F)(F)F)nc1. The fraction of sp³-hybridized carbons (Fsp3) is 0.222. The molecule has 0 radical (unpaired) electrons. The van der Waals surface area contributed by atoms with Crippen molar-refractivity contribution in [3.05, 3.63) is 35.8 Å². The van der Waals surface area contributed by atoms with Gasteiger partial charge >= 0.3 is 6.18 Å². The standard InChI is InChI=1S/C9H8F3NO/c1-14-5-4-7-2-3-8(13-6-7)9(10,11)12/h2-6H,1H3/b5-4+. The first kappa shape index (κ1) is 10.6. The molecule has 0 aliphatic carbocycles. The smallest absolute Gasteiger partial charge is 0.433 e. The highest BCUT2D eigenvalue weighted by molar-refractivity contribution is 5.46. The van der Waals surface area contributed by atoms with Crippen molar-refractivity contribution in [3.8, 4) is 0 Å². The summed E-state index contributed by atoms with van der Waals surface area (Å²) in [6, 6.07) is 2.25. The van der Waals surface area contributed by atoms with Crippen LogP contribution in [0.25, 0.3) is 6.08 Å². The van der Waals surface area contributed by atoms with Crippen LogP contribution in [-0.2, 0) is 10.9 Å². The molecule has 76 valence electrons. The van der Waals surface area contributed by atoms with E-state index in [0.29, 0.717) is 5.56 Å². The lowest BCUT2D eigenvalue weighted by molar-refractivity contribution is -0.141. The van der Waals surface area contributed by atoms with E-state index in [1.807, 2.05) is 0 Å². The van der Waals surface area contributed by atoms with Gasteiger partial charge in [-0.15, -0.1) is 0 Å². The maximum absolute atomic E-state index is 12.1. The summed E-state index contributed by atoms with van der Waals surface area (Å²) in [6.45, 7) is 0. The minimum Gasteiger partial charge on any atom is -0.504 e. The zero-order valence-corrected chi connectivity index (χ0v) is 7.38. The zero-order valence-electron chi connectivity index (χ0n) is 7.38. The van der Waals surface area contributed by atoms with Crippen LogP contribution >= 0.6 is 0 Å². The van der Waals surface area contributed by atoms with Gasteiger partial charge < -0.3 is 4.74 Å². The molecule has 0 bridgehead atoms. The van der Waals surface area contributed by atoms with Crippen LogP contribution in [-0.4, -0.2) is 12.1 Å². The Labute approximate surface area is 79.0 Å². The second-order valence-corrected chi connectivity index (χ2v) is 2.51. The molecular weight excluding hydrogens is 195 g/mol. The summed E-state index contributed by atoms with van der Waals surface area (Å²) in [6.07, 6.45) is -0.362. The Hall–Kier alpha value is -1.52. The van der Waals surface area contributed by atoms with Crippen LogP contribution in [0.1, 0.15) is 11.3 Å². The number of ether oxygens (including phenoxy) is 1. The highest BCUT2D eigenvalue weighted by Gasteiger charge is 2.31. The number of hydrogen-bond acceptors (Lipinski definition) is 2. The summed E-state index contributed by atoms with van der Waals surface area (Å²) in [5.41, 5.74) is -0.341. The van der Waals surface area contributed by atoms with Crippen LogP contribution in [0.2, 0.25) is 0 Å². The molecule has 0 aliphatic rings. The number of rotatable bonds is 2. The molecule has 0 saturated carbocycles. The Morgan fingerprint density at radius 1 is 1.36 bits per heavy atom. The largest absolute Gasteiger partial charge is 0.504 e. The number of pyridine rings is 1. The molecule has 0 aromatic carbocycles. The lowest BCUT2D eigenvalue weighted by atomic mass is 10.2. The van der Waals surface area contributed by atoms with Crippen molar-refractivity contribution in [2.24, 2.45) is 0 Å². The lowest BCUT2D eigenvalue weighted by Gasteiger charge is -2.04. The number of nitrogens with zero attached hydrogens (tertiary/aromatic N) is 1. The third-order valence-corrected chi connectivity index (χ3v) is 1.47. The molecule has 0 amide bonds. The molecular formula is C9H8F3NO. The Bertz CT molecular complexity index is 316. The van der Waals surface area contributed by atoms with E-state index in [1.165, 1.54) is 25.5 Å². The second kappa shape index (κ2) is 4.13. The molecule has 0 atom stereocenters. The van der Waals surface area contributed by atoms with Crippen molar-refractivity contribution < 1.29 is 17.9 Å². The van der Waals surface area contributed by atoms with Gasteiger partial charge in [-0.05, 0) is 17.7 Å². The summed E-state index contributed by atoms with van der Waals surface area (Å²) in [4.78, 5) is 3.27. The molecule has 1 heterocycles. The predicted octanol–water partition coefficient (Wildman–Crippen LogP) is 2.72. The van der Waals surface area contributed by atoms with Gasteiger partial charge in [0.1, 0.15) is 5.69 Å². The minimum atomic E-state index is -4.39.